The number of aromatic nitrogens is 2. The van der Waals surface area contributed by atoms with Crippen molar-refractivity contribution in [2.75, 3.05) is 17.2 Å². The zero-order valence-electron chi connectivity index (χ0n) is 19.9. The Morgan fingerprint density at radius 2 is 1.92 bits per heavy atom. The van der Waals surface area contributed by atoms with Gasteiger partial charge in [0.15, 0.2) is 0 Å². The third kappa shape index (κ3) is 9.78. The fourth-order valence-corrected chi connectivity index (χ4v) is 4.09. The Bertz CT molecular complexity index is 1210. The lowest BCUT2D eigenvalue weighted by atomic mass is 10.1. The van der Waals surface area contributed by atoms with Gasteiger partial charge in [0, 0.05) is 23.3 Å². The molecule has 1 atom stereocenters. The Morgan fingerprint density at radius 3 is 2.57 bits per heavy atom. The van der Waals surface area contributed by atoms with Crippen LogP contribution >= 0.6 is 27.9 Å². The molecule has 0 aliphatic carbocycles. The number of benzene rings is 2. The molecule has 37 heavy (non-hydrogen) atoms. The van der Waals surface area contributed by atoms with Crippen LogP contribution in [0.2, 0.25) is 0 Å². The molecule has 1 unspecified atom stereocenters. The fraction of sp³-hybridized carbons (Fsp3) is 0.292. The summed E-state index contributed by atoms with van der Waals surface area (Å²) >= 11 is 4.76. The van der Waals surface area contributed by atoms with Gasteiger partial charge in [-0.1, -0.05) is 31.2 Å². The Kier molecular flexibility index (Phi) is 12.0. The van der Waals surface area contributed by atoms with Gasteiger partial charge in [0.1, 0.15) is 5.82 Å². The van der Waals surface area contributed by atoms with Crippen molar-refractivity contribution in [3.05, 3.63) is 69.8 Å². The summed E-state index contributed by atoms with van der Waals surface area (Å²) in [5.41, 5.74) is 1.66. The van der Waals surface area contributed by atoms with E-state index in [2.05, 4.69) is 41.3 Å². The number of anilines is 3. The second-order valence-electron chi connectivity index (χ2n) is 7.63. The molecule has 0 fully saturated rings. The summed E-state index contributed by atoms with van der Waals surface area (Å²) in [5.74, 6) is 0.957. The average Bonchev–Trinajstić information content (AvgIpc) is 2.86. The summed E-state index contributed by atoms with van der Waals surface area (Å²) in [4.78, 5) is 25.9. The zero-order chi connectivity index (χ0) is 27.4. The van der Waals surface area contributed by atoms with Crippen molar-refractivity contribution >= 4 is 51.5 Å². The van der Waals surface area contributed by atoms with Crippen molar-refractivity contribution in [1.82, 2.24) is 14.7 Å². The first kappa shape index (κ1) is 30.3. The van der Waals surface area contributed by atoms with Gasteiger partial charge < -0.3 is 15.7 Å². The van der Waals surface area contributed by atoms with Crippen LogP contribution < -0.4 is 15.4 Å². The number of aryl methyl sites for hydroxylation is 1. The first-order chi connectivity index (χ1) is 17.6. The molecule has 4 N–H and O–H groups in total. The lowest BCUT2D eigenvalue weighted by molar-refractivity contribution is -0.191. The average molecular weight is 600 g/mol. The van der Waals surface area contributed by atoms with Gasteiger partial charge >= 0.3 is 12.3 Å². The molecule has 3 aromatic rings. The fourth-order valence-electron chi connectivity index (χ4n) is 2.97. The highest BCUT2D eigenvalue weighted by Gasteiger charge is 2.30. The molecule has 198 valence electrons. The van der Waals surface area contributed by atoms with Crippen LogP contribution in [0.4, 0.5) is 30.6 Å². The van der Waals surface area contributed by atoms with Crippen molar-refractivity contribution < 1.29 is 27.9 Å². The molecule has 0 saturated heterocycles. The number of alkyl halides is 3. The highest BCUT2D eigenvalue weighted by Crippen LogP contribution is 2.30. The number of nitrogens with zero attached hydrogens (tertiary/aromatic N) is 2. The normalized spacial score (nSPS) is 11.6. The molecule has 0 aliphatic rings. The number of nitrogens with one attached hydrogen (secondary N) is 3. The van der Waals surface area contributed by atoms with Gasteiger partial charge in [-0.25, -0.2) is 4.98 Å². The van der Waals surface area contributed by atoms with E-state index in [1.165, 1.54) is 18.0 Å². The molecular weight excluding hydrogens is 575 g/mol. The van der Waals surface area contributed by atoms with E-state index in [4.69, 9.17) is 9.59 Å². The molecule has 0 saturated carbocycles. The lowest BCUT2D eigenvalue weighted by Crippen LogP contribution is -2.23. The molecular formula is C24H25BrF3N5O3S. The monoisotopic (exact) mass is 599 g/mol. The summed E-state index contributed by atoms with van der Waals surface area (Å²) in [6.07, 6.45) is -1.75. The summed E-state index contributed by atoms with van der Waals surface area (Å²) < 4.78 is 42.6. The number of rotatable bonds is 10. The largest absolute Gasteiger partial charge is 0.416 e. The summed E-state index contributed by atoms with van der Waals surface area (Å²) in [5, 5.41) is 15.8. The van der Waals surface area contributed by atoms with E-state index in [0.29, 0.717) is 21.8 Å². The van der Waals surface area contributed by atoms with E-state index in [1.54, 1.807) is 12.3 Å². The summed E-state index contributed by atoms with van der Waals surface area (Å²) in [6.45, 7) is 4.19. The highest BCUT2D eigenvalue weighted by molar-refractivity contribution is 9.10. The van der Waals surface area contributed by atoms with Gasteiger partial charge in [-0.3, -0.25) is 4.72 Å². The second kappa shape index (κ2) is 14.7. The minimum atomic E-state index is -4.36. The topological polar surface area (TPSA) is 116 Å². The van der Waals surface area contributed by atoms with Crippen molar-refractivity contribution in [2.24, 2.45) is 0 Å². The van der Waals surface area contributed by atoms with E-state index >= 15 is 0 Å². The number of halogens is 4. The maximum absolute atomic E-state index is 12.9. The zero-order valence-corrected chi connectivity index (χ0v) is 22.3. The molecule has 2 aromatic carbocycles. The van der Waals surface area contributed by atoms with Gasteiger partial charge in [0.2, 0.25) is 5.95 Å². The molecule has 3 rings (SSSR count). The summed E-state index contributed by atoms with van der Waals surface area (Å²) in [6, 6.07) is 10.9. The lowest BCUT2D eigenvalue weighted by Gasteiger charge is -2.16. The first-order valence-corrected chi connectivity index (χ1v) is 12.5. The third-order valence-corrected chi connectivity index (χ3v) is 6.48. The highest BCUT2D eigenvalue weighted by atomic mass is 79.9. The Hall–Kier alpha value is -2.96. The molecule has 1 heterocycles. The number of aliphatic hydroxyl groups is 1. The molecule has 0 aliphatic heterocycles. The first-order valence-electron chi connectivity index (χ1n) is 10.9. The van der Waals surface area contributed by atoms with Crippen LogP contribution in [0.15, 0.2) is 58.0 Å². The van der Waals surface area contributed by atoms with Crippen LogP contribution in [0.3, 0.4) is 0 Å². The number of aliphatic hydroxyl groups excluding tert-OH is 1. The molecule has 0 radical (unpaired) electrons. The smallest absolute Gasteiger partial charge is 0.394 e. The second-order valence-corrected chi connectivity index (χ2v) is 9.42. The van der Waals surface area contributed by atoms with Crippen molar-refractivity contribution in [3.63, 3.8) is 0 Å². The standard InChI is InChI=1S/C23H25BrF3N5OS.CO2/c1-3-17(13-33)30-21-19(24)12-28-22(32-21)31-18-8-7-14(2)20(10-18)34-29-11-15-5-4-6-16(9-15)23(25,26)27;2-1-3/h4-10,12,17,29,33H,3,11,13H2,1-2H3,(H2,28,30,31,32);. The predicted octanol–water partition coefficient (Wildman–Crippen LogP) is 5.71. The van der Waals surface area contributed by atoms with Crippen molar-refractivity contribution in [3.8, 4) is 0 Å². The van der Waals surface area contributed by atoms with Gasteiger partial charge in [0.05, 0.1) is 22.7 Å². The Labute approximate surface area is 224 Å². The summed E-state index contributed by atoms with van der Waals surface area (Å²) in [7, 11) is 0. The third-order valence-electron chi connectivity index (χ3n) is 4.96. The van der Waals surface area contributed by atoms with Gasteiger partial charge in [-0.15, -0.1) is 0 Å². The Balaban J connectivity index is 0.00000153. The minimum Gasteiger partial charge on any atom is -0.394 e. The van der Waals surface area contributed by atoms with E-state index < -0.39 is 11.7 Å². The van der Waals surface area contributed by atoms with E-state index in [0.717, 1.165) is 34.7 Å². The van der Waals surface area contributed by atoms with E-state index in [9.17, 15) is 18.3 Å². The quantitative estimate of drug-likeness (QED) is 0.217. The van der Waals surface area contributed by atoms with Gasteiger partial charge in [-0.2, -0.15) is 27.7 Å². The Morgan fingerprint density at radius 1 is 1.19 bits per heavy atom. The maximum Gasteiger partial charge on any atom is 0.416 e. The number of hydrogen-bond acceptors (Lipinski definition) is 9. The number of hydrogen-bond donors (Lipinski definition) is 4. The minimum absolute atomic E-state index is 0.0122. The molecule has 0 amide bonds. The van der Waals surface area contributed by atoms with Crippen LogP contribution in [-0.4, -0.2) is 33.9 Å². The predicted molar refractivity (Wildman–Crippen MR) is 138 cm³/mol. The molecule has 0 spiro atoms. The SMILES string of the molecule is CCC(CO)Nc1nc(Nc2ccc(C)c(SNCc3cccc(C(F)(F)F)c3)c2)ncc1Br.O=C=O. The molecule has 0 bridgehead atoms. The van der Waals surface area contributed by atoms with Crippen LogP contribution in [0, 0.1) is 6.92 Å². The van der Waals surface area contributed by atoms with Crippen molar-refractivity contribution in [2.45, 2.75) is 43.9 Å². The van der Waals surface area contributed by atoms with Crippen molar-refractivity contribution in [1.29, 1.82) is 0 Å². The maximum atomic E-state index is 12.9. The van der Waals surface area contributed by atoms with E-state index in [1.807, 2.05) is 32.0 Å². The van der Waals surface area contributed by atoms with Gasteiger partial charge in [0.25, 0.3) is 0 Å². The number of carbonyl (C=O) groups excluding carboxylic acids is 2. The van der Waals surface area contributed by atoms with Crippen LogP contribution in [0.25, 0.3) is 0 Å². The molecule has 8 nitrogen and oxygen atoms in total. The molecule has 13 heteroatoms. The van der Waals surface area contributed by atoms with Crippen LogP contribution in [0.1, 0.15) is 30.0 Å². The van der Waals surface area contributed by atoms with Crippen LogP contribution in [0.5, 0.6) is 0 Å². The van der Waals surface area contributed by atoms with E-state index in [-0.39, 0.29) is 25.3 Å². The van der Waals surface area contributed by atoms with Gasteiger partial charge in [-0.05, 0) is 70.5 Å². The van der Waals surface area contributed by atoms with Crippen LogP contribution in [-0.2, 0) is 22.3 Å². The molecule has 1 aromatic heterocycles.